The Hall–Kier alpha value is -2.74. The smallest absolute Gasteiger partial charge is 0.338 e. The number of furan rings is 1. The van der Waals surface area contributed by atoms with Crippen molar-refractivity contribution in [2.45, 2.75) is 19.9 Å². The van der Waals surface area contributed by atoms with Crippen molar-refractivity contribution in [2.24, 2.45) is 0 Å². The van der Waals surface area contributed by atoms with Crippen LogP contribution in [0.4, 0.5) is 5.69 Å². The maximum atomic E-state index is 12.7. The number of hydrogen-bond donors (Lipinski definition) is 2. The fourth-order valence-electron chi connectivity index (χ4n) is 2.66. The number of nitrogens with one attached hydrogen (secondary N) is 1. The number of carboxylic acids is 1. The minimum atomic E-state index is -1.17. The van der Waals surface area contributed by atoms with Crippen LogP contribution in [0.3, 0.4) is 0 Å². The zero-order chi connectivity index (χ0) is 18.8. The Morgan fingerprint density at radius 3 is 2.77 bits per heavy atom. The van der Waals surface area contributed by atoms with Crippen molar-refractivity contribution < 1.29 is 23.9 Å². The van der Waals surface area contributed by atoms with Crippen LogP contribution in [0.1, 0.15) is 32.0 Å². The van der Waals surface area contributed by atoms with Crippen molar-refractivity contribution in [3.05, 3.63) is 53.0 Å². The highest BCUT2D eigenvalue weighted by Gasteiger charge is 2.36. The Bertz CT molecular complexity index is 876. The van der Waals surface area contributed by atoms with Crippen molar-refractivity contribution >= 4 is 35.2 Å². The lowest BCUT2D eigenvalue weighted by atomic mass is 10.1. The molecule has 136 valence electrons. The number of nitrogens with zero attached hydrogens (tertiary/aromatic N) is 1. The molecule has 0 saturated carbocycles. The van der Waals surface area contributed by atoms with Gasteiger partial charge in [-0.05, 0) is 31.0 Å². The highest BCUT2D eigenvalue weighted by atomic mass is 32.2. The van der Waals surface area contributed by atoms with Gasteiger partial charge < -0.3 is 19.7 Å². The van der Waals surface area contributed by atoms with Crippen LogP contribution in [0.25, 0.3) is 0 Å². The fourth-order valence-corrected chi connectivity index (χ4v) is 3.82. The number of hydrogen-bond acceptors (Lipinski definition) is 5. The zero-order valence-electron chi connectivity index (χ0n) is 14.3. The zero-order valence-corrected chi connectivity index (χ0v) is 15.1. The topological polar surface area (TPSA) is 99.9 Å². The minimum absolute atomic E-state index is 0.0885. The quantitative estimate of drug-likeness (QED) is 0.854. The van der Waals surface area contributed by atoms with Gasteiger partial charge in [0.25, 0.3) is 5.91 Å². The number of carbonyl (C=O) groups excluding carboxylic acids is 2. The van der Waals surface area contributed by atoms with E-state index in [2.05, 4.69) is 5.32 Å². The fraction of sp³-hybridized carbons (Fsp3) is 0.278. The molecule has 0 radical (unpaired) electrons. The third-order valence-electron chi connectivity index (χ3n) is 4.37. The number of carboxylic acid groups (broad SMARTS) is 1. The van der Waals surface area contributed by atoms with Crippen molar-refractivity contribution in [1.29, 1.82) is 0 Å². The molecule has 1 aromatic heterocycles. The normalized spacial score (nSPS) is 16.5. The van der Waals surface area contributed by atoms with Gasteiger partial charge in [-0.2, -0.15) is 0 Å². The van der Waals surface area contributed by atoms with Gasteiger partial charge in [0.2, 0.25) is 5.91 Å². The first-order valence-corrected chi connectivity index (χ1v) is 9.11. The number of rotatable bonds is 4. The first-order valence-electron chi connectivity index (χ1n) is 7.96. The largest absolute Gasteiger partial charge is 0.478 e. The highest BCUT2D eigenvalue weighted by molar-refractivity contribution is 7.99. The van der Waals surface area contributed by atoms with Crippen molar-refractivity contribution in [3.8, 4) is 0 Å². The van der Waals surface area contributed by atoms with Crippen LogP contribution >= 0.6 is 11.8 Å². The van der Waals surface area contributed by atoms with Crippen molar-refractivity contribution in [2.75, 3.05) is 16.9 Å². The second kappa shape index (κ2) is 7.25. The van der Waals surface area contributed by atoms with E-state index in [-0.39, 0.29) is 17.2 Å². The van der Waals surface area contributed by atoms with E-state index >= 15 is 0 Å². The van der Waals surface area contributed by atoms with Gasteiger partial charge in [0, 0.05) is 17.5 Å². The summed E-state index contributed by atoms with van der Waals surface area (Å²) in [4.78, 5) is 37.7. The van der Waals surface area contributed by atoms with E-state index < -0.39 is 17.9 Å². The Morgan fingerprint density at radius 2 is 2.08 bits per heavy atom. The third kappa shape index (κ3) is 3.45. The standard InChI is InChI=1S/C18H18N2O5S/c1-10-4-3-5-13(11(10)2)19-16(21)14-8-26-9-20(14)17(22)15-6-12(7-25-15)18(23)24/h3-7,14H,8-9H2,1-2H3,(H,19,21)(H,23,24). The molecule has 1 atom stereocenters. The molecule has 0 aliphatic carbocycles. The number of aromatic carboxylic acids is 1. The van der Waals surface area contributed by atoms with Gasteiger partial charge in [0.05, 0.1) is 11.4 Å². The van der Waals surface area contributed by atoms with Crippen molar-refractivity contribution in [3.63, 3.8) is 0 Å². The minimum Gasteiger partial charge on any atom is -0.478 e. The van der Waals surface area contributed by atoms with Gasteiger partial charge in [-0.15, -0.1) is 11.8 Å². The summed E-state index contributed by atoms with van der Waals surface area (Å²) < 4.78 is 5.07. The maximum absolute atomic E-state index is 12.7. The average Bonchev–Trinajstić information content (AvgIpc) is 3.27. The van der Waals surface area contributed by atoms with Gasteiger partial charge in [-0.25, -0.2) is 4.79 Å². The van der Waals surface area contributed by atoms with E-state index in [0.717, 1.165) is 17.4 Å². The van der Waals surface area contributed by atoms with Gasteiger partial charge in [0.15, 0.2) is 5.76 Å². The van der Waals surface area contributed by atoms with E-state index in [1.807, 2.05) is 32.0 Å². The predicted octanol–water partition coefficient (Wildman–Crippen LogP) is 2.75. The van der Waals surface area contributed by atoms with Gasteiger partial charge >= 0.3 is 5.97 Å². The van der Waals surface area contributed by atoms with Crippen LogP contribution in [0.2, 0.25) is 0 Å². The SMILES string of the molecule is Cc1cccc(NC(=O)C2CSCN2C(=O)c2cc(C(=O)O)co2)c1C. The number of aryl methyl sites for hydroxylation is 1. The molecule has 2 heterocycles. The maximum Gasteiger partial charge on any atom is 0.338 e. The summed E-state index contributed by atoms with van der Waals surface area (Å²) in [6, 6.07) is 6.17. The molecule has 2 aromatic rings. The predicted molar refractivity (Wildman–Crippen MR) is 97.5 cm³/mol. The van der Waals surface area contributed by atoms with Gasteiger partial charge in [0.1, 0.15) is 12.3 Å². The molecular formula is C18H18N2O5S. The van der Waals surface area contributed by atoms with Crippen LogP contribution in [0.5, 0.6) is 0 Å². The van der Waals surface area contributed by atoms with Crippen LogP contribution in [0, 0.1) is 13.8 Å². The summed E-state index contributed by atoms with van der Waals surface area (Å²) in [6.07, 6.45) is 1.02. The lowest BCUT2D eigenvalue weighted by Gasteiger charge is -2.22. The lowest BCUT2D eigenvalue weighted by molar-refractivity contribution is -0.119. The highest BCUT2D eigenvalue weighted by Crippen LogP contribution is 2.26. The van der Waals surface area contributed by atoms with Gasteiger partial charge in [-0.1, -0.05) is 12.1 Å². The average molecular weight is 374 g/mol. The monoisotopic (exact) mass is 374 g/mol. The van der Waals surface area contributed by atoms with Crippen LogP contribution in [-0.2, 0) is 4.79 Å². The van der Waals surface area contributed by atoms with Crippen LogP contribution < -0.4 is 5.32 Å². The summed E-state index contributed by atoms with van der Waals surface area (Å²) in [7, 11) is 0. The number of benzene rings is 1. The molecule has 8 heteroatoms. The molecule has 1 unspecified atom stereocenters. The number of amides is 2. The second-order valence-corrected chi connectivity index (χ2v) is 7.03. The molecule has 2 N–H and O–H groups in total. The molecule has 26 heavy (non-hydrogen) atoms. The molecular weight excluding hydrogens is 356 g/mol. The Morgan fingerprint density at radius 1 is 1.31 bits per heavy atom. The Kier molecular flexibility index (Phi) is 5.03. The van der Waals surface area contributed by atoms with Crippen LogP contribution in [-0.4, -0.2) is 45.5 Å². The summed E-state index contributed by atoms with van der Waals surface area (Å²) >= 11 is 1.46. The molecule has 7 nitrogen and oxygen atoms in total. The summed E-state index contributed by atoms with van der Waals surface area (Å²) in [6.45, 7) is 3.89. The first-order chi connectivity index (χ1) is 12.4. The Labute approximate surface area is 154 Å². The summed E-state index contributed by atoms with van der Waals surface area (Å²) in [5.41, 5.74) is 2.65. The molecule has 0 spiro atoms. The molecule has 3 rings (SSSR count). The molecule has 1 aliphatic heterocycles. The molecule has 1 saturated heterocycles. The van der Waals surface area contributed by atoms with Crippen LogP contribution in [0.15, 0.2) is 34.9 Å². The van der Waals surface area contributed by atoms with Gasteiger partial charge in [-0.3, -0.25) is 9.59 Å². The third-order valence-corrected chi connectivity index (χ3v) is 5.38. The van der Waals surface area contributed by atoms with E-state index in [9.17, 15) is 14.4 Å². The van der Waals surface area contributed by atoms with E-state index in [4.69, 9.17) is 9.52 Å². The number of carbonyl (C=O) groups is 3. The van der Waals surface area contributed by atoms with Crippen molar-refractivity contribution in [1.82, 2.24) is 4.90 Å². The number of anilines is 1. The molecule has 1 aliphatic rings. The Balaban J connectivity index is 1.76. The molecule has 0 bridgehead atoms. The molecule has 1 aromatic carbocycles. The summed E-state index contributed by atoms with van der Waals surface area (Å²) in [5, 5.41) is 11.8. The van der Waals surface area contributed by atoms with E-state index in [0.29, 0.717) is 17.3 Å². The lowest BCUT2D eigenvalue weighted by Crippen LogP contribution is -2.44. The second-order valence-electron chi connectivity index (χ2n) is 6.03. The van der Waals surface area contributed by atoms with E-state index in [1.54, 1.807) is 0 Å². The molecule has 1 fully saturated rings. The summed E-state index contributed by atoms with van der Waals surface area (Å²) in [5.74, 6) is -1.23. The molecule has 2 amide bonds. The van der Waals surface area contributed by atoms with E-state index in [1.165, 1.54) is 22.7 Å². The number of thioether (sulfide) groups is 1. The first kappa shape index (κ1) is 18.1.